The van der Waals surface area contributed by atoms with Gasteiger partial charge in [-0.3, -0.25) is 23.5 Å². The fourth-order valence-corrected chi connectivity index (χ4v) is 2.74. The van der Waals surface area contributed by atoms with Gasteiger partial charge >= 0.3 is 11.7 Å². The summed E-state index contributed by atoms with van der Waals surface area (Å²) in [6, 6.07) is 8.35. The number of aryl methyl sites for hydroxylation is 1. The van der Waals surface area contributed by atoms with E-state index in [2.05, 4.69) is 4.98 Å². The molecule has 0 fully saturated rings. The van der Waals surface area contributed by atoms with Gasteiger partial charge in [0.15, 0.2) is 11.2 Å². The summed E-state index contributed by atoms with van der Waals surface area (Å²) in [7, 11) is 2.80. The Bertz CT molecular complexity index is 1140. The first-order valence-electron chi connectivity index (χ1n) is 7.96. The molecule has 10 nitrogen and oxygen atoms in total. The van der Waals surface area contributed by atoms with Crippen LogP contribution < -0.4 is 17.0 Å². The van der Waals surface area contributed by atoms with E-state index in [1.165, 1.54) is 29.6 Å². The number of benzene rings is 1. The summed E-state index contributed by atoms with van der Waals surface area (Å²) in [4.78, 5) is 52.3. The van der Waals surface area contributed by atoms with Gasteiger partial charge in [0, 0.05) is 19.7 Å². The number of imidazole rings is 1. The van der Waals surface area contributed by atoms with Gasteiger partial charge in [0.25, 0.3) is 11.5 Å². The van der Waals surface area contributed by atoms with Crippen molar-refractivity contribution < 1.29 is 14.3 Å². The summed E-state index contributed by atoms with van der Waals surface area (Å²) in [5.41, 5.74) is 4.87. The maximum atomic E-state index is 12.4. The van der Waals surface area contributed by atoms with E-state index in [-0.39, 0.29) is 17.7 Å². The first-order valence-corrected chi connectivity index (χ1v) is 7.96. The van der Waals surface area contributed by atoms with Gasteiger partial charge in [0.1, 0.15) is 6.54 Å². The number of nitrogens with two attached hydrogens (primary N) is 1. The van der Waals surface area contributed by atoms with Gasteiger partial charge in [-0.05, 0) is 0 Å². The SMILES string of the molecule is Cn1c(=O)c2c(ncn2CC(=O)OC(C(N)=O)c2ccccc2)n(C)c1=O. The average molecular weight is 371 g/mol. The molecule has 0 aliphatic carbocycles. The predicted molar refractivity (Wildman–Crippen MR) is 94.7 cm³/mol. The Morgan fingerprint density at radius 1 is 1.15 bits per heavy atom. The molecule has 1 atom stereocenters. The van der Waals surface area contributed by atoms with Crippen molar-refractivity contribution in [1.29, 1.82) is 0 Å². The highest BCUT2D eigenvalue weighted by Gasteiger charge is 2.23. The Morgan fingerprint density at radius 2 is 1.81 bits per heavy atom. The summed E-state index contributed by atoms with van der Waals surface area (Å²) in [5, 5.41) is 0. The van der Waals surface area contributed by atoms with E-state index in [9.17, 15) is 19.2 Å². The zero-order chi connectivity index (χ0) is 19.7. The molecular weight excluding hydrogens is 354 g/mol. The Hall–Kier alpha value is -3.69. The molecule has 0 bridgehead atoms. The van der Waals surface area contributed by atoms with Gasteiger partial charge in [0.2, 0.25) is 6.10 Å². The zero-order valence-corrected chi connectivity index (χ0v) is 14.7. The first kappa shape index (κ1) is 18.1. The number of hydrogen-bond donors (Lipinski definition) is 1. The number of ether oxygens (including phenoxy) is 1. The summed E-state index contributed by atoms with van der Waals surface area (Å²) >= 11 is 0. The molecule has 2 heterocycles. The molecule has 1 aromatic carbocycles. The number of primary amides is 1. The van der Waals surface area contributed by atoms with Crippen LogP contribution >= 0.6 is 0 Å². The largest absolute Gasteiger partial charge is 0.446 e. The molecule has 1 unspecified atom stereocenters. The number of fused-ring (bicyclic) bond motifs is 1. The molecule has 3 rings (SSSR count). The lowest BCUT2D eigenvalue weighted by atomic mass is 10.1. The Kier molecular flexibility index (Phi) is 4.63. The van der Waals surface area contributed by atoms with Crippen LogP contribution in [0.2, 0.25) is 0 Å². The second-order valence-corrected chi connectivity index (χ2v) is 5.93. The highest BCUT2D eigenvalue weighted by atomic mass is 16.5. The summed E-state index contributed by atoms with van der Waals surface area (Å²) in [6.45, 7) is -0.374. The van der Waals surface area contributed by atoms with Gasteiger partial charge in [-0.1, -0.05) is 30.3 Å². The van der Waals surface area contributed by atoms with Crippen molar-refractivity contribution in [2.75, 3.05) is 0 Å². The Morgan fingerprint density at radius 3 is 2.44 bits per heavy atom. The van der Waals surface area contributed by atoms with Crippen LogP contribution in [0, 0.1) is 0 Å². The number of carbonyl (C=O) groups excluding carboxylic acids is 2. The molecular formula is C17H17N5O5. The van der Waals surface area contributed by atoms with Crippen molar-refractivity contribution in [2.45, 2.75) is 12.6 Å². The number of esters is 1. The number of rotatable bonds is 5. The quantitative estimate of drug-likeness (QED) is 0.584. The maximum Gasteiger partial charge on any atom is 0.332 e. The van der Waals surface area contributed by atoms with E-state index in [0.717, 1.165) is 4.57 Å². The van der Waals surface area contributed by atoms with Crippen LogP contribution in [-0.4, -0.2) is 30.6 Å². The fraction of sp³-hybridized carbons (Fsp3) is 0.235. The van der Waals surface area contributed by atoms with Crippen LogP contribution in [0.5, 0.6) is 0 Å². The van der Waals surface area contributed by atoms with E-state index in [1.54, 1.807) is 30.3 Å². The maximum absolute atomic E-state index is 12.4. The van der Waals surface area contributed by atoms with Crippen molar-refractivity contribution in [1.82, 2.24) is 18.7 Å². The van der Waals surface area contributed by atoms with E-state index in [0.29, 0.717) is 5.56 Å². The van der Waals surface area contributed by atoms with Gasteiger partial charge in [-0.2, -0.15) is 0 Å². The van der Waals surface area contributed by atoms with E-state index >= 15 is 0 Å². The van der Waals surface area contributed by atoms with Crippen molar-refractivity contribution >= 4 is 23.0 Å². The summed E-state index contributed by atoms with van der Waals surface area (Å²) in [6.07, 6.45) is 0.00911. The van der Waals surface area contributed by atoms with E-state index in [4.69, 9.17) is 10.5 Å². The van der Waals surface area contributed by atoms with Crippen LogP contribution in [0.15, 0.2) is 46.2 Å². The molecule has 0 radical (unpaired) electrons. The highest BCUT2D eigenvalue weighted by Crippen LogP contribution is 2.17. The van der Waals surface area contributed by atoms with Crippen molar-refractivity contribution in [3.8, 4) is 0 Å². The average Bonchev–Trinajstić information content (AvgIpc) is 3.06. The number of amides is 1. The summed E-state index contributed by atoms with van der Waals surface area (Å²) in [5.74, 6) is -1.60. The molecule has 0 saturated carbocycles. The zero-order valence-electron chi connectivity index (χ0n) is 14.7. The minimum absolute atomic E-state index is 0.0758. The van der Waals surface area contributed by atoms with Crippen LogP contribution in [0.4, 0.5) is 0 Å². The summed E-state index contributed by atoms with van der Waals surface area (Å²) < 4.78 is 8.59. The second kappa shape index (κ2) is 6.90. The van der Waals surface area contributed by atoms with Crippen molar-refractivity contribution in [3.63, 3.8) is 0 Å². The minimum Gasteiger partial charge on any atom is -0.446 e. The highest BCUT2D eigenvalue weighted by molar-refractivity contribution is 5.84. The number of nitrogens with zero attached hydrogens (tertiary/aromatic N) is 4. The van der Waals surface area contributed by atoms with Crippen molar-refractivity contribution in [2.24, 2.45) is 19.8 Å². The van der Waals surface area contributed by atoms with Crippen LogP contribution in [0.1, 0.15) is 11.7 Å². The lowest BCUT2D eigenvalue weighted by molar-refractivity contribution is -0.155. The Balaban J connectivity index is 1.92. The second-order valence-electron chi connectivity index (χ2n) is 5.93. The number of carbonyl (C=O) groups is 2. The van der Waals surface area contributed by atoms with Gasteiger partial charge in [-0.15, -0.1) is 0 Å². The molecule has 2 N–H and O–H groups in total. The molecule has 140 valence electrons. The third kappa shape index (κ3) is 3.24. The molecule has 0 aliphatic rings. The molecule has 2 aromatic heterocycles. The standard InChI is InChI=1S/C17H17N5O5/c1-20-15-12(16(25)21(2)17(20)26)22(9-19-15)8-11(23)27-13(14(18)24)10-6-4-3-5-7-10/h3-7,9,13H,8H2,1-2H3,(H2,18,24). The van der Waals surface area contributed by atoms with Crippen LogP contribution in [0.25, 0.3) is 11.2 Å². The topological polar surface area (TPSA) is 131 Å². The van der Waals surface area contributed by atoms with Crippen molar-refractivity contribution in [3.05, 3.63) is 63.1 Å². The molecule has 10 heteroatoms. The molecule has 1 amide bonds. The number of hydrogen-bond acceptors (Lipinski definition) is 6. The van der Waals surface area contributed by atoms with Crippen LogP contribution in [0.3, 0.4) is 0 Å². The van der Waals surface area contributed by atoms with E-state index in [1.807, 2.05) is 0 Å². The monoisotopic (exact) mass is 371 g/mol. The van der Waals surface area contributed by atoms with Crippen LogP contribution in [-0.2, 0) is 35.0 Å². The minimum atomic E-state index is -1.25. The fourth-order valence-electron chi connectivity index (χ4n) is 2.74. The predicted octanol–water partition coefficient (Wildman–Crippen LogP) is -0.796. The molecule has 0 saturated heterocycles. The Labute approximate surface area is 152 Å². The smallest absolute Gasteiger partial charge is 0.332 e. The number of aromatic nitrogens is 4. The third-order valence-electron chi connectivity index (χ3n) is 4.13. The van der Waals surface area contributed by atoms with Gasteiger partial charge in [-0.25, -0.2) is 9.78 Å². The normalized spacial score (nSPS) is 12.1. The lowest BCUT2D eigenvalue weighted by Crippen LogP contribution is -2.37. The molecule has 0 aliphatic heterocycles. The first-order chi connectivity index (χ1) is 12.8. The van der Waals surface area contributed by atoms with Gasteiger partial charge in [0.05, 0.1) is 6.33 Å². The molecule has 0 spiro atoms. The molecule has 3 aromatic rings. The molecule has 27 heavy (non-hydrogen) atoms. The lowest BCUT2D eigenvalue weighted by Gasteiger charge is -2.15. The van der Waals surface area contributed by atoms with Gasteiger partial charge < -0.3 is 15.0 Å². The third-order valence-corrected chi connectivity index (χ3v) is 4.13. The van der Waals surface area contributed by atoms with E-state index < -0.39 is 29.2 Å².